The van der Waals surface area contributed by atoms with Crippen LogP contribution in [-0.2, 0) is 15.1 Å². The molecule has 1 spiro atoms. The van der Waals surface area contributed by atoms with Gasteiger partial charge in [-0.1, -0.05) is 59.6 Å². The predicted molar refractivity (Wildman–Crippen MR) is 144 cm³/mol. The lowest BCUT2D eigenvalue weighted by Gasteiger charge is -2.38. The molecule has 3 aromatic carbocycles. The monoisotopic (exact) mass is 542 g/mol. The number of aromatic nitrogens is 2. The molecule has 4 aliphatic heterocycles. The smallest absolute Gasteiger partial charge is 0.266 e. The first kappa shape index (κ1) is 22.5. The van der Waals surface area contributed by atoms with Crippen molar-refractivity contribution in [3.63, 3.8) is 0 Å². The van der Waals surface area contributed by atoms with E-state index in [-0.39, 0.29) is 33.5 Å². The van der Waals surface area contributed by atoms with Gasteiger partial charge in [-0.25, -0.2) is 9.88 Å². The lowest BCUT2D eigenvalue weighted by molar-refractivity contribution is -0.124. The molecule has 0 N–H and O–H groups in total. The van der Waals surface area contributed by atoms with Gasteiger partial charge in [0.1, 0.15) is 11.4 Å². The van der Waals surface area contributed by atoms with E-state index >= 15 is 0 Å². The van der Waals surface area contributed by atoms with Gasteiger partial charge >= 0.3 is 0 Å². The minimum atomic E-state index is -1.06. The number of imide groups is 1. The molecular weight excluding hydrogens is 523 g/mol. The van der Waals surface area contributed by atoms with Crippen molar-refractivity contribution in [2.45, 2.75) is 24.4 Å². The number of fused-ring (bicyclic) bond motifs is 11. The van der Waals surface area contributed by atoms with Crippen LogP contribution in [0.25, 0.3) is 16.6 Å². The maximum Gasteiger partial charge on any atom is 0.266 e. The Labute approximate surface area is 227 Å². The van der Waals surface area contributed by atoms with E-state index in [0.29, 0.717) is 34.6 Å². The maximum atomic E-state index is 14.5. The first-order valence-electron chi connectivity index (χ1n) is 12.7. The number of benzene rings is 3. The van der Waals surface area contributed by atoms with Gasteiger partial charge in [0.2, 0.25) is 11.8 Å². The number of anilines is 1. The van der Waals surface area contributed by atoms with Crippen molar-refractivity contribution in [1.82, 2.24) is 14.5 Å². The molecule has 0 aliphatic carbocycles. The number of para-hydroxylation sites is 2. The molecule has 188 valence electrons. The number of hydrogen-bond acceptors (Lipinski definition) is 5. The molecule has 4 aromatic rings. The van der Waals surface area contributed by atoms with Crippen molar-refractivity contribution >= 4 is 51.6 Å². The van der Waals surface area contributed by atoms with E-state index in [2.05, 4.69) is 4.90 Å². The summed E-state index contributed by atoms with van der Waals surface area (Å²) in [5.74, 6) is -1.48. The van der Waals surface area contributed by atoms with E-state index in [1.165, 1.54) is 4.90 Å². The van der Waals surface area contributed by atoms with E-state index in [9.17, 15) is 14.4 Å². The van der Waals surface area contributed by atoms with Gasteiger partial charge < -0.3 is 0 Å². The highest BCUT2D eigenvalue weighted by atomic mass is 35.5. The maximum absolute atomic E-state index is 14.5. The molecule has 8 rings (SSSR count). The molecule has 3 saturated heterocycles. The van der Waals surface area contributed by atoms with Crippen molar-refractivity contribution in [3.05, 3.63) is 98.5 Å². The molecule has 0 saturated carbocycles. The molecule has 7 nitrogen and oxygen atoms in total. The highest BCUT2D eigenvalue weighted by Gasteiger charge is 2.73. The lowest BCUT2D eigenvalue weighted by atomic mass is 9.75. The minimum Gasteiger partial charge on any atom is -0.283 e. The molecule has 3 fully saturated rings. The Morgan fingerprint density at radius 3 is 2.50 bits per heavy atom. The summed E-state index contributed by atoms with van der Waals surface area (Å²) in [6.07, 6.45) is 1.66. The number of halogens is 2. The first-order valence-corrected chi connectivity index (χ1v) is 13.4. The molecule has 1 aromatic heterocycles. The molecule has 4 aliphatic rings. The van der Waals surface area contributed by atoms with Gasteiger partial charge in [-0.2, -0.15) is 0 Å². The third-order valence-corrected chi connectivity index (χ3v) is 9.62. The quantitative estimate of drug-likeness (QED) is 0.330. The summed E-state index contributed by atoms with van der Waals surface area (Å²) in [4.78, 5) is 51.1. The molecule has 9 heteroatoms. The van der Waals surface area contributed by atoms with E-state index in [0.717, 1.165) is 18.4 Å². The largest absolute Gasteiger partial charge is 0.283 e. The van der Waals surface area contributed by atoms with E-state index in [4.69, 9.17) is 28.2 Å². The van der Waals surface area contributed by atoms with Crippen LogP contribution >= 0.6 is 23.2 Å². The standard InChI is InChI=1S/C29H20Cl2N4O3/c30-17-9-5-12-21(24(17)31)34-26(37)22-20-13-6-14-33(20)29(23(22)27(34)38)16-8-2-4-11-19(16)35-25(36)15-7-1-3-10-18(15)32-28(29)35/h1-5,7-12,20,22-23H,6,13-14H2/t20-,22-,23+,29+/m0/s1. The minimum absolute atomic E-state index is 0.164. The Hall–Kier alpha value is -3.52. The van der Waals surface area contributed by atoms with Crippen molar-refractivity contribution < 1.29 is 9.59 Å². The zero-order chi connectivity index (χ0) is 25.9. The van der Waals surface area contributed by atoms with Crippen LogP contribution in [0.15, 0.2) is 71.5 Å². The average molecular weight is 543 g/mol. The number of amides is 2. The van der Waals surface area contributed by atoms with Crippen LogP contribution in [0.4, 0.5) is 5.69 Å². The van der Waals surface area contributed by atoms with Crippen molar-refractivity contribution in [1.29, 1.82) is 0 Å². The number of hydrogen-bond donors (Lipinski definition) is 0. The summed E-state index contributed by atoms with van der Waals surface area (Å²) in [6.45, 7) is 0.702. The summed E-state index contributed by atoms with van der Waals surface area (Å²) in [5.41, 5.74) is 1.16. The third-order valence-electron chi connectivity index (χ3n) is 8.81. The number of carbonyl (C=O) groups excluding carboxylic acids is 2. The molecule has 5 heterocycles. The Bertz CT molecular complexity index is 1800. The highest BCUT2D eigenvalue weighted by molar-refractivity contribution is 6.45. The van der Waals surface area contributed by atoms with E-state index in [1.54, 1.807) is 28.8 Å². The van der Waals surface area contributed by atoms with Crippen LogP contribution in [-0.4, -0.2) is 38.9 Å². The fraction of sp³-hybridized carbons (Fsp3) is 0.241. The van der Waals surface area contributed by atoms with Crippen LogP contribution in [0.2, 0.25) is 10.0 Å². The van der Waals surface area contributed by atoms with Crippen LogP contribution in [0.3, 0.4) is 0 Å². The van der Waals surface area contributed by atoms with E-state index < -0.39 is 17.4 Å². The Morgan fingerprint density at radius 2 is 1.63 bits per heavy atom. The first-order chi connectivity index (χ1) is 18.5. The summed E-state index contributed by atoms with van der Waals surface area (Å²) >= 11 is 12.8. The molecule has 38 heavy (non-hydrogen) atoms. The summed E-state index contributed by atoms with van der Waals surface area (Å²) in [7, 11) is 0. The number of nitrogens with zero attached hydrogens (tertiary/aromatic N) is 4. The second kappa shape index (κ2) is 7.53. The normalized spacial score (nSPS) is 27.3. The van der Waals surface area contributed by atoms with Crippen LogP contribution in [0.1, 0.15) is 24.2 Å². The molecular formula is C29H20Cl2N4O3. The second-order valence-electron chi connectivity index (χ2n) is 10.4. The Morgan fingerprint density at radius 1 is 0.868 bits per heavy atom. The topological polar surface area (TPSA) is 75.5 Å². The zero-order valence-electron chi connectivity index (χ0n) is 20.0. The fourth-order valence-electron chi connectivity index (χ4n) is 7.52. The fourth-order valence-corrected chi connectivity index (χ4v) is 7.90. The summed E-state index contributed by atoms with van der Waals surface area (Å²) in [6, 6.07) is 19.7. The van der Waals surface area contributed by atoms with Gasteiger partial charge in [-0.3, -0.25) is 23.9 Å². The average Bonchev–Trinajstić information content (AvgIpc) is 3.64. The molecule has 4 atom stereocenters. The Kier molecular flexibility index (Phi) is 4.45. The van der Waals surface area contributed by atoms with Crippen LogP contribution in [0, 0.1) is 11.8 Å². The number of carbonyl (C=O) groups is 2. The van der Waals surface area contributed by atoms with Crippen LogP contribution < -0.4 is 10.5 Å². The zero-order valence-corrected chi connectivity index (χ0v) is 21.5. The number of rotatable bonds is 1. The Balaban J connectivity index is 1.45. The van der Waals surface area contributed by atoms with Crippen molar-refractivity contribution in [3.8, 4) is 5.69 Å². The van der Waals surface area contributed by atoms with Gasteiger partial charge in [-0.15, -0.1) is 0 Å². The lowest BCUT2D eigenvalue weighted by Crippen LogP contribution is -2.51. The highest BCUT2D eigenvalue weighted by Crippen LogP contribution is 2.62. The van der Waals surface area contributed by atoms with Gasteiger partial charge in [-0.05, 0) is 49.7 Å². The van der Waals surface area contributed by atoms with Crippen molar-refractivity contribution in [2.24, 2.45) is 11.8 Å². The SMILES string of the molecule is O=C1[C@H]2[C@@H]3CCCN3[C@]3(c4ccccc4-n4c3nc3ccccc3c4=O)[C@H]2C(=O)N1c1cccc(Cl)c1Cl. The second-order valence-corrected chi connectivity index (χ2v) is 11.2. The van der Waals surface area contributed by atoms with Gasteiger partial charge in [0, 0.05) is 11.6 Å². The van der Waals surface area contributed by atoms with Crippen LogP contribution in [0.5, 0.6) is 0 Å². The molecule has 0 bridgehead atoms. The summed E-state index contributed by atoms with van der Waals surface area (Å²) in [5, 5.41) is 0.952. The van der Waals surface area contributed by atoms with Crippen molar-refractivity contribution in [2.75, 3.05) is 11.4 Å². The third kappa shape index (κ3) is 2.46. The van der Waals surface area contributed by atoms with Gasteiger partial charge in [0.25, 0.3) is 5.56 Å². The van der Waals surface area contributed by atoms with Gasteiger partial charge in [0.05, 0.1) is 44.2 Å². The summed E-state index contributed by atoms with van der Waals surface area (Å²) < 4.78 is 1.65. The predicted octanol–water partition coefficient (Wildman–Crippen LogP) is 4.53. The molecule has 0 unspecified atom stereocenters. The van der Waals surface area contributed by atoms with Gasteiger partial charge in [0.15, 0.2) is 0 Å². The van der Waals surface area contributed by atoms with E-state index in [1.807, 2.05) is 42.5 Å². The molecule has 2 amide bonds. The molecule has 0 radical (unpaired) electrons.